The van der Waals surface area contributed by atoms with E-state index in [-0.39, 0.29) is 31.1 Å². The van der Waals surface area contributed by atoms with Gasteiger partial charge in [-0.2, -0.15) is 0 Å². The summed E-state index contributed by atoms with van der Waals surface area (Å²) >= 11 is 0. The molecule has 0 aromatic rings. The van der Waals surface area contributed by atoms with Crippen LogP contribution in [-0.4, -0.2) is 37.2 Å². The average Bonchev–Trinajstić information content (AvgIpc) is 3.49. The van der Waals surface area contributed by atoms with Crippen LogP contribution in [0.2, 0.25) is 0 Å². The number of allylic oxidation sites excluding steroid dienone is 10. The summed E-state index contributed by atoms with van der Waals surface area (Å²) in [7, 11) is 0. The molecule has 0 bridgehead atoms. The molecule has 83 heavy (non-hydrogen) atoms. The third kappa shape index (κ3) is 69.8. The molecule has 0 saturated heterocycles. The van der Waals surface area contributed by atoms with Gasteiger partial charge in [-0.05, 0) is 109 Å². The first kappa shape index (κ1) is 80.1. The van der Waals surface area contributed by atoms with Gasteiger partial charge in [0, 0.05) is 19.3 Å². The lowest BCUT2D eigenvalue weighted by Gasteiger charge is -2.18. The van der Waals surface area contributed by atoms with Gasteiger partial charge in [-0.25, -0.2) is 0 Å². The van der Waals surface area contributed by atoms with E-state index in [9.17, 15) is 14.4 Å². The van der Waals surface area contributed by atoms with Crippen molar-refractivity contribution in [3.63, 3.8) is 0 Å². The Morgan fingerprint density at radius 3 is 0.711 bits per heavy atom. The van der Waals surface area contributed by atoms with Crippen LogP contribution in [0, 0.1) is 0 Å². The zero-order chi connectivity index (χ0) is 59.9. The standard InChI is InChI=1S/C77H140O6/c1-4-7-10-13-16-19-22-25-27-29-31-32-33-34-35-36-37-38-39-40-41-42-43-44-45-46-47-49-50-52-55-58-61-64-67-70-76(79)82-73-74(72-81-75(78)69-66-63-60-57-54-24-21-18-15-12-9-6-3)83-77(80)71-68-65-62-59-56-53-51-48-30-28-26-23-20-17-14-11-8-5-2/h18,20-23,25,28-31,74H,4-17,19,24,26-27,32-73H2,1-3H3/b21-18-,23-20-,25-22-,30-28-,31-29-. The van der Waals surface area contributed by atoms with Gasteiger partial charge in [0.25, 0.3) is 0 Å². The van der Waals surface area contributed by atoms with E-state index in [1.165, 1.54) is 270 Å². The molecule has 0 aliphatic carbocycles. The lowest BCUT2D eigenvalue weighted by Crippen LogP contribution is -2.30. The number of esters is 3. The fourth-order valence-electron chi connectivity index (χ4n) is 10.9. The third-order valence-electron chi connectivity index (χ3n) is 16.5. The maximum absolute atomic E-state index is 12.9. The van der Waals surface area contributed by atoms with Crippen molar-refractivity contribution in [3.8, 4) is 0 Å². The second-order valence-corrected chi connectivity index (χ2v) is 24.8. The minimum atomic E-state index is -0.781. The molecule has 6 nitrogen and oxygen atoms in total. The molecule has 6 heteroatoms. The van der Waals surface area contributed by atoms with Crippen LogP contribution in [0.3, 0.4) is 0 Å². The molecule has 0 radical (unpaired) electrons. The van der Waals surface area contributed by atoms with Gasteiger partial charge in [0.2, 0.25) is 0 Å². The van der Waals surface area contributed by atoms with E-state index >= 15 is 0 Å². The second-order valence-electron chi connectivity index (χ2n) is 24.8. The van der Waals surface area contributed by atoms with Crippen LogP contribution in [0.1, 0.15) is 393 Å². The molecule has 0 aliphatic heterocycles. The van der Waals surface area contributed by atoms with Gasteiger partial charge in [0.1, 0.15) is 13.2 Å². The van der Waals surface area contributed by atoms with Crippen LogP contribution in [0.15, 0.2) is 60.8 Å². The number of hydrogen-bond acceptors (Lipinski definition) is 6. The molecule has 1 atom stereocenters. The predicted molar refractivity (Wildman–Crippen MR) is 362 cm³/mol. The summed E-state index contributed by atoms with van der Waals surface area (Å²) < 4.78 is 17.0. The van der Waals surface area contributed by atoms with Crippen LogP contribution < -0.4 is 0 Å². The summed E-state index contributed by atoms with van der Waals surface area (Å²) in [4.78, 5) is 38.4. The molecule has 0 N–H and O–H groups in total. The van der Waals surface area contributed by atoms with E-state index < -0.39 is 6.10 Å². The zero-order valence-corrected chi connectivity index (χ0v) is 55.7. The van der Waals surface area contributed by atoms with Crippen molar-refractivity contribution >= 4 is 17.9 Å². The zero-order valence-electron chi connectivity index (χ0n) is 55.7. The van der Waals surface area contributed by atoms with E-state index in [1.54, 1.807) is 0 Å². The Kier molecular flexibility index (Phi) is 69.1. The molecule has 484 valence electrons. The Morgan fingerprint density at radius 2 is 0.434 bits per heavy atom. The van der Waals surface area contributed by atoms with Gasteiger partial charge in [-0.15, -0.1) is 0 Å². The van der Waals surface area contributed by atoms with E-state index in [1.807, 2.05) is 0 Å². The molecule has 0 aromatic heterocycles. The van der Waals surface area contributed by atoms with Crippen molar-refractivity contribution in [3.05, 3.63) is 60.8 Å². The summed E-state index contributed by atoms with van der Waals surface area (Å²) in [6, 6.07) is 0. The lowest BCUT2D eigenvalue weighted by molar-refractivity contribution is -0.167. The first-order valence-electron chi connectivity index (χ1n) is 36.8. The molecular weight excluding hydrogens is 1020 g/mol. The topological polar surface area (TPSA) is 78.9 Å². The van der Waals surface area contributed by atoms with Gasteiger partial charge in [0.05, 0.1) is 0 Å². The van der Waals surface area contributed by atoms with Crippen LogP contribution in [-0.2, 0) is 28.6 Å². The molecular formula is C77H140O6. The normalized spacial score (nSPS) is 12.4. The van der Waals surface area contributed by atoms with E-state index in [2.05, 4.69) is 81.5 Å². The Labute approximate surface area is 517 Å². The smallest absolute Gasteiger partial charge is 0.306 e. The summed E-state index contributed by atoms with van der Waals surface area (Å²) in [5.41, 5.74) is 0. The Hall–Kier alpha value is -2.89. The first-order chi connectivity index (χ1) is 41.0. The van der Waals surface area contributed by atoms with Crippen LogP contribution in [0.25, 0.3) is 0 Å². The molecule has 1 unspecified atom stereocenters. The second kappa shape index (κ2) is 71.6. The van der Waals surface area contributed by atoms with E-state index in [0.29, 0.717) is 19.3 Å². The van der Waals surface area contributed by atoms with Crippen molar-refractivity contribution in [2.24, 2.45) is 0 Å². The van der Waals surface area contributed by atoms with E-state index in [0.717, 1.165) is 83.5 Å². The summed E-state index contributed by atoms with van der Waals surface area (Å²) in [5, 5.41) is 0. The van der Waals surface area contributed by atoms with Gasteiger partial charge in [0.15, 0.2) is 6.10 Å². The number of carbonyl (C=O) groups excluding carboxylic acids is 3. The minimum absolute atomic E-state index is 0.0759. The predicted octanol–water partition coefficient (Wildman–Crippen LogP) is 25.5. The van der Waals surface area contributed by atoms with Crippen molar-refractivity contribution in [1.82, 2.24) is 0 Å². The summed E-state index contributed by atoms with van der Waals surface area (Å²) in [6.07, 6.45) is 92.8. The number of hydrogen-bond donors (Lipinski definition) is 0. The maximum Gasteiger partial charge on any atom is 0.306 e. The van der Waals surface area contributed by atoms with Gasteiger partial charge < -0.3 is 14.2 Å². The average molecular weight is 1160 g/mol. The van der Waals surface area contributed by atoms with Crippen molar-refractivity contribution in [2.75, 3.05) is 13.2 Å². The first-order valence-corrected chi connectivity index (χ1v) is 36.8. The summed E-state index contributed by atoms with van der Waals surface area (Å²) in [5.74, 6) is -0.871. The highest BCUT2D eigenvalue weighted by Gasteiger charge is 2.19. The van der Waals surface area contributed by atoms with Crippen molar-refractivity contribution in [2.45, 2.75) is 399 Å². The number of carbonyl (C=O) groups is 3. The molecule has 0 rings (SSSR count). The Morgan fingerprint density at radius 1 is 0.241 bits per heavy atom. The van der Waals surface area contributed by atoms with Crippen LogP contribution in [0.5, 0.6) is 0 Å². The minimum Gasteiger partial charge on any atom is -0.462 e. The van der Waals surface area contributed by atoms with Crippen LogP contribution in [0.4, 0.5) is 0 Å². The maximum atomic E-state index is 12.9. The number of rotatable bonds is 68. The lowest BCUT2D eigenvalue weighted by atomic mass is 10.0. The molecule has 0 spiro atoms. The largest absolute Gasteiger partial charge is 0.462 e. The fourth-order valence-corrected chi connectivity index (χ4v) is 10.9. The van der Waals surface area contributed by atoms with Gasteiger partial charge in [-0.1, -0.05) is 326 Å². The molecule has 0 aliphatic rings. The van der Waals surface area contributed by atoms with Crippen molar-refractivity contribution < 1.29 is 28.6 Å². The monoisotopic (exact) mass is 1160 g/mol. The third-order valence-corrected chi connectivity index (χ3v) is 16.5. The number of ether oxygens (including phenoxy) is 3. The quantitative estimate of drug-likeness (QED) is 0.0261. The highest BCUT2D eigenvalue weighted by Crippen LogP contribution is 2.18. The van der Waals surface area contributed by atoms with Crippen molar-refractivity contribution in [1.29, 1.82) is 0 Å². The highest BCUT2D eigenvalue weighted by atomic mass is 16.6. The fraction of sp³-hybridized carbons (Fsp3) is 0.831. The van der Waals surface area contributed by atoms with Gasteiger partial charge in [-0.3, -0.25) is 14.4 Å². The SMILES string of the molecule is CCCCC/C=C\CCCCCCCC(=O)OCC(COC(=O)CCCCCCCCCCCCCCCCCCCCCCCCC/C=C\C/C=C\CCCCCCC)OC(=O)CCCCCCCCC/C=C\C/C=C\CCCCCC. The summed E-state index contributed by atoms with van der Waals surface area (Å²) in [6.45, 7) is 6.63. The molecule has 0 amide bonds. The molecule has 0 aromatic carbocycles. The van der Waals surface area contributed by atoms with E-state index in [4.69, 9.17) is 14.2 Å². The highest BCUT2D eigenvalue weighted by molar-refractivity contribution is 5.71. The molecule has 0 fully saturated rings. The molecule has 0 heterocycles. The molecule has 0 saturated carbocycles. The van der Waals surface area contributed by atoms with Crippen LogP contribution >= 0.6 is 0 Å². The Balaban J connectivity index is 4.09. The Bertz CT molecular complexity index is 1470. The number of unbranched alkanes of at least 4 members (excludes halogenated alkanes) is 47. The van der Waals surface area contributed by atoms with Gasteiger partial charge >= 0.3 is 17.9 Å².